The predicted molar refractivity (Wildman–Crippen MR) is 110 cm³/mol. The van der Waals surface area contributed by atoms with Crippen molar-refractivity contribution in [2.45, 2.75) is 18.1 Å². The van der Waals surface area contributed by atoms with Crippen LogP contribution in [0.3, 0.4) is 0 Å². The number of amides is 1. The second-order valence-corrected chi connectivity index (χ2v) is 8.13. The predicted octanol–water partition coefficient (Wildman–Crippen LogP) is 2.18. The topological polar surface area (TPSA) is 47.0 Å². The first-order valence-electron chi connectivity index (χ1n) is 10.2. The number of rotatable bonds is 3. The van der Waals surface area contributed by atoms with E-state index in [0.717, 1.165) is 31.7 Å². The molecule has 2 fully saturated rings. The van der Waals surface area contributed by atoms with Crippen molar-refractivity contribution in [2.24, 2.45) is 0 Å². The number of nitrogens with zero attached hydrogens (tertiary/aromatic N) is 3. The summed E-state index contributed by atoms with van der Waals surface area (Å²) in [6, 6.07) is 15.6. The number of hydrogen-bond donors (Lipinski definition) is 1. The van der Waals surface area contributed by atoms with Crippen LogP contribution in [-0.2, 0) is 5.60 Å². The first-order chi connectivity index (χ1) is 14.0. The van der Waals surface area contributed by atoms with Crippen molar-refractivity contribution in [2.75, 3.05) is 46.3 Å². The molecule has 0 radical (unpaired) electrons. The van der Waals surface area contributed by atoms with Gasteiger partial charge in [0, 0.05) is 39.3 Å². The Morgan fingerprint density at radius 3 is 2.34 bits per heavy atom. The molecule has 5 nitrogen and oxygen atoms in total. The second kappa shape index (κ2) is 8.22. The molecule has 1 N–H and O–H groups in total. The molecule has 154 valence electrons. The molecule has 6 heteroatoms. The molecule has 2 aromatic rings. The first-order valence-corrected chi connectivity index (χ1v) is 10.2. The smallest absolute Gasteiger partial charge is 0.256 e. The van der Waals surface area contributed by atoms with Gasteiger partial charge in [-0.25, -0.2) is 4.39 Å². The van der Waals surface area contributed by atoms with E-state index in [0.29, 0.717) is 19.5 Å². The maximum absolute atomic E-state index is 14.2. The lowest BCUT2D eigenvalue weighted by Gasteiger charge is -2.51. The van der Waals surface area contributed by atoms with Gasteiger partial charge in [0.2, 0.25) is 0 Å². The summed E-state index contributed by atoms with van der Waals surface area (Å²) in [5, 5.41) is 11.8. The summed E-state index contributed by atoms with van der Waals surface area (Å²) >= 11 is 0. The molecule has 2 aromatic carbocycles. The van der Waals surface area contributed by atoms with Crippen LogP contribution in [0.15, 0.2) is 54.6 Å². The van der Waals surface area contributed by atoms with Crippen molar-refractivity contribution in [1.29, 1.82) is 0 Å². The zero-order valence-corrected chi connectivity index (χ0v) is 16.8. The number of carbonyl (C=O) groups is 1. The van der Waals surface area contributed by atoms with E-state index in [1.54, 1.807) is 17.0 Å². The van der Waals surface area contributed by atoms with Gasteiger partial charge in [-0.1, -0.05) is 42.5 Å². The van der Waals surface area contributed by atoms with Crippen molar-refractivity contribution in [1.82, 2.24) is 14.7 Å². The number of hydrogen-bond acceptors (Lipinski definition) is 4. The number of piperazine rings is 1. The summed E-state index contributed by atoms with van der Waals surface area (Å²) in [5.41, 5.74) is -0.0693. The standard InChI is InChI=1S/C23H28FN3O2/c1-25-13-15-26(16-14-25)21-17-27(22(28)19-9-5-6-10-20(19)24)12-11-23(21,29)18-7-3-2-4-8-18/h2-10,21,29H,11-17H2,1H3/t21-,23+/m1/s1. The minimum absolute atomic E-state index is 0.0924. The minimum Gasteiger partial charge on any atom is -0.383 e. The minimum atomic E-state index is -1.04. The monoisotopic (exact) mass is 397 g/mol. The van der Waals surface area contributed by atoms with E-state index in [2.05, 4.69) is 16.8 Å². The molecule has 0 aliphatic carbocycles. The van der Waals surface area contributed by atoms with E-state index < -0.39 is 11.4 Å². The Bertz CT molecular complexity index is 854. The van der Waals surface area contributed by atoms with E-state index in [4.69, 9.17) is 0 Å². The van der Waals surface area contributed by atoms with Crippen LogP contribution in [0, 0.1) is 5.82 Å². The highest BCUT2D eigenvalue weighted by Gasteiger charge is 2.47. The van der Waals surface area contributed by atoms with Crippen molar-refractivity contribution in [3.63, 3.8) is 0 Å². The van der Waals surface area contributed by atoms with Crippen LogP contribution >= 0.6 is 0 Å². The lowest BCUT2D eigenvalue weighted by molar-refractivity contribution is -0.101. The normalized spacial score (nSPS) is 26.4. The Labute approximate surface area is 171 Å². The van der Waals surface area contributed by atoms with Gasteiger partial charge in [-0.05, 0) is 31.2 Å². The molecule has 2 atom stereocenters. The van der Waals surface area contributed by atoms with Gasteiger partial charge in [0.25, 0.3) is 5.91 Å². The third kappa shape index (κ3) is 3.92. The number of likely N-dealkylation sites (N-methyl/N-ethyl adjacent to an activating group) is 1. The van der Waals surface area contributed by atoms with Gasteiger partial charge in [-0.15, -0.1) is 0 Å². The highest BCUT2D eigenvalue weighted by molar-refractivity contribution is 5.94. The molecule has 29 heavy (non-hydrogen) atoms. The van der Waals surface area contributed by atoms with Gasteiger partial charge in [-0.2, -0.15) is 0 Å². The molecular formula is C23H28FN3O2. The van der Waals surface area contributed by atoms with Crippen molar-refractivity contribution in [3.05, 3.63) is 71.5 Å². The number of aliphatic hydroxyl groups is 1. The SMILES string of the molecule is CN1CCN([C@@H]2CN(C(=O)c3ccccc3F)CC[C@]2(O)c2ccccc2)CC1. The summed E-state index contributed by atoms with van der Waals surface area (Å²) < 4.78 is 14.2. The fourth-order valence-corrected chi connectivity index (χ4v) is 4.53. The fraction of sp³-hybridized carbons (Fsp3) is 0.435. The van der Waals surface area contributed by atoms with E-state index in [1.807, 2.05) is 30.3 Å². The summed E-state index contributed by atoms with van der Waals surface area (Å²) in [6.45, 7) is 4.27. The van der Waals surface area contributed by atoms with Gasteiger partial charge < -0.3 is 14.9 Å². The third-order valence-corrected chi connectivity index (χ3v) is 6.35. The number of carbonyl (C=O) groups excluding carboxylic acids is 1. The molecule has 2 aliphatic rings. The average Bonchev–Trinajstić information content (AvgIpc) is 2.75. The Hall–Kier alpha value is -2.28. The molecule has 2 saturated heterocycles. The van der Waals surface area contributed by atoms with E-state index in [-0.39, 0.29) is 17.5 Å². The van der Waals surface area contributed by atoms with Gasteiger partial charge in [0.1, 0.15) is 11.4 Å². The van der Waals surface area contributed by atoms with Crippen LogP contribution in [-0.4, -0.2) is 78.1 Å². The number of halogens is 1. The third-order valence-electron chi connectivity index (χ3n) is 6.35. The number of likely N-dealkylation sites (tertiary alicyclic amines) is 1. The van der Waals surface area contributed by atoms with Crippen molar-refractivity contribution in [3.8, 4) is 0 Å². The second-order valence-electron chi connectivity index (χ2n) is 8.13. The molecule has 0 spiro atoms. The van der Waals surface area contributed by atoms with Gasteiger partial charge in [0.05, 0.1) is 11.6 Å². The first kappa shape index (κ1) is 20.0. The summed E-state index contributed by atoms with van der Waals surface area (Å²) in [7, 11) is 2.09. The van der Waals surface area contributed by atoms with E-state index >= 15 is 0 Å². The molecule has 0 unspecified atom stereocenters. The van der Waals surface area contributed by atoms with Crippen LogP contribution in [0.5, 0.6) is 0 Å². The Kier molecular flexibility index (Phi) is 5.67. The summed E-state index contributed by atoms with van der Waals surface area (Å²) in [5.74, 6) is -0.810. The zero-order valence-electron chi connectivity index (χ0n) is 16.8. The van der Waals surface area contributed by atoms with E-state index in [9.17, 15) is 14.3 Å². The molecule has 1 amide bonds. The molecule has 0 bridgehead atoms. The van der Waals surface area contributed by atoms with Crippen molar-refractivity contribution < 1.29 is 14.3 Å². The zero-order chi connectivity index (χ0) is 20.4. The van der Waals surface area contributed by atoms with Gasteiger partial charge in [-0.3, -0.25) is 9.69 Å². The van der Waals surface area contributed by atoms with Crippen LogP contribution in [0.2, 0.25) is 0 Å². The highest BCUT2D eigenvalue weighted by atomic mass is 19.1. The maximum Gasteiger partial charge on any atom is 0.256 e. The quantitative estimate of drug-likeness (QED) is 0.863. The Morgan fingerprint density at radius 1 is 1.00 bits per heavy atom. The summed E-state index contributed by atoms with van der Waals surface area (Å²) in [4.78, 5) is 19.3. The van der Waals surface area contributed by atoms with E-state index in [1.165, 1.54) is 12.1 Å². The van der Waals surface area contributed by atoms with Crippen LogP contribution in [0.4, 0.5) is 4.39 Å². The molecular weight excluding hydrogens is 369 g/mol. The molecule has 0 aromatic heterocycles. The highest BCUT2D eigenvalue weighted by Crippen LogP contribution is 2.37. The Balaban J connectivity index is 1.63. The van der Waals surface area contributed by atoms with Crippen LogP contribution < -0.4 is 0 Å². The van der Waals surface area contributed by atoms with Crippen molar-refractivity contribution >= 4 is 5.91 Å². The van der Waals surface area contributed by atoms with Crippen LogP contribution in [0.25, 0.3) is 0 Å². The van der Waals surface area contributed by atoms with Gasteiger partial charge in [0.15, 0.2) is 0 Å². The lowest BCUT2D eigenvalue weighted by atomic mass is 9.79. The lowest BCUT2D eigenvalue weighted by Crippen LogP contribution is -2.64. The number of piperidine rings is 1. The molecule has 2 heterocycles. The fourth-order valence-electron chi connectivity index (χ4n) is 4.53. The molecule has 2 aliphatic heterocycles. The molecule has 0 saturated carbocycles. The molecule has 4 rings (SSSR count). The van der Waals surface area contributed by atoms with Crippen LogP contribution in [0.1, 0.15) is 22.3 Å². The number of benzene rings is 2. The van der Waals surface area contributed by atoms with Gasteiger partial charge >= 0.3 is 0 Å². The summed E-state index contributed by atoms with van der Waals surface area (Å²) in [6.07, 6.45) is 0.425. The maximum atomic E-state index is 14.2. The largest absolute Gasteiger partial charge is 0.383 e. The average molecular weight is 397 g/mol. The Morgan fingerprint density at radius 2 is 1.66 bits per heavy atom.